The summed E-state index contributed by atoms with van der Waals surface area (Å²) < 4.78 is 36.8. The van der Waals surface area contributed by atoms with Crippen LogP contribution < -0.4 is 0 Å². The van der Waals surface area contributed by atoms with Gasteiger partial charge in [0.1, 0.15) is 5.82 Å². The Morgan fingerprint density at radius 1 is 1.05 bits per heavy atom. The zero-order chi connectivity index (χ0) is 14.4. The molecule has 0 N–H and O–H groups in total. The van der Waals surface area contributed by atoms with Crippen molar-refractivity contribution in [3.63, 3.8) is 0 Å². The Kier molecular flexibility index (Phi) is 5.54. The third-order valence-electron chi connectivity index (χ3n) is 3.68. The standard InChI is InChI=1S/C15H22FNO2S/c16-15-7-5-14(6-8-15)13-20(18,19)12-4-11-17-9-2-1-3-10-17/h5-8H,1-4,9-13H2. The number of piperidine rings is 1. The van der Waals surface area contributed by atoms with E-state index in [0.29, 0.717) is 12.0 Å². The molecule has 1 aromatic rings. The van der Waals surface area contributed by atoms with Crippen LogP contribution in [0.2, 0.25) is 0 Å². The summed E-state index contributed by atoms with van der Waals surface area (Å²) in [7, 11) is -3.10. The Labute approximate surface area is 120 Å². The third kappa shape index (κ3) is 5.21. The number of nitrogens with zero attached hydrogens (tertiary/aromatic N) is 1. The van der Waals surface area contributed by atoms with Gasteiger partial charge in [0.15, 0.2) is 9.84 Å². The summed E-state index contributed by atoms with van der Waals surface area (Å²) in [6.07, 6.45) is 4.42. The number of hydrogen-bond donors (Lipinski definition) is 0. The maximum atomic E-state index is 12.8. The van der Waals surface area contributed by atoms with Crippen LogP contribution in [-0.4, -0.2) is 38.7 Å². The first kappa shape index (κ1) is 15.4. The first-order valence-corrected chi connectivity index (χ1v) is 9.04. The van der Waals surface area contributed by atoms with Crippen LogP contribution in [0.3, 0.4) is 0 Å². The Morgan fingerprint density at radius 3 is 2.35 bits per heavy atom. The summed E-state index contributed by atoms with van der Waals surface area (Å²) in [6.45, 7) is 3.05. The number of hydrogen-bond acceptors (Lipinski definition) is 3. The Morgan fingerprint density at radius 2 is 1.70 bits per heavy atom. The molecule has 20 heavy (non-hydrogen) atoms. The summed E-state index contributed by atoms with van der Waals surface area (Å²) >= 11 is 0. The minimum Gasteiger partial charge on any atom is -0.303 e. The molecule has 0 radical (unpaired) electrons. The highest BCUT2D eigenvalue weighted by Gasteiger charge is 2.14. The minimum absolute atomic E-state index is 0.00722. The van der Waals surface area contributed by atoms with E-state index in [0.717, 1.165) is 19.6 Å². The highest BCUT2D eigenvalue weighted by Crippen LogP contribution is 2.11. The van der Waals surface area contributed by atoms with Crippen molar-refractivity contribution < 1.29 is 12.8 Å². The lowest BCUT2D eigenvalue weighted by atomic mass is 10.1. The molecule has 5 heteroatoms. The van der Waals surface area contributed by atoms with Gasteiger partial charge in [-0.25, -0.2) is 12.8 Å². The zero-order valence-electron chi connectivity index (χ0n) is 11.7. The molecule has 1 fully saturated rings. The fourth-order valence-electron chi connectivity index (χ4n) is 2.60. The smallest absolute Gasteiger partial charge is 0.154 e. The molecule has 0 bridgehead atoms. The van der Waals surface area contributed by atoms with Gasteiger partial charge in [-0.1, -0.05) is 18.6 Å². The largest absolute Gasteiger partial charge is 0.303 e. The second-order valence-electron chi connectivity index (χ2n) is 5.47. The highest BCUT2D eigenvalue weighted by molar-refractivity contribution is 7.90. The van der Waals surface area contributed by atoms with Crippen molar-refractivity contribution in [1.82, 2.24) is 4.90 Å². The van der Waals surface area contributed by atoms with Crippen LogP contribution in [0.25, 0.3) is 0 Å². The van der Waals surface area contributed by atoms with Gasteiger partial charge in [-0.15, -0.1) is 0 Å². The average Bonchev–Trinajstić information content (AvgIpc) is 2.42. The lowest BCUT2D eigenvalue weighted by molar-refractivity contribution is 0.229. The van der Waals surface area contributed by atoms with E-state index >= 15 is 0 Å². The zero-order valence-corrected chi connectivity index (χ0v) is 12.5. The lowest BCUT2D eigenvalue weighted by Crippen LogP contribution is -2.31. The number of likely N-dealkylation sites (tertiary alicyclic amines) is 1. The van der Waals surface area contributed by atoms with Crippen LogP contribution in [0.1, 0.15) is 31.2 Å². The van der Waals surface area contributed by atoms with Crippen molar-refractivity contribution >= 4 is 9.84 Å². The minimum atomic E-state index is -3.10. The van der Waals surface area contributed by atoms with E-state index in [-0.39, 0.29) is 17.3 Å². The third-order valence-corrected chi connectivity index (χ3v) is 5.36. The maximum Gasteiger partial charge on any atom is 0.154 e. The number of rotatable bonds is 6. The fraction of sp³-hybridized carbons (Fsp3) is 0.600. The molecule has 3 nitrogen and oxygen atoms in total. The molecule has 1 aromatic carbocycles. The number of benzene rings is 1. The van der Waals surface area contributed by atoms with Crippen LogP contribution in [0, 0.1) is 5.82 Å². The monoisotopic (exact) mass is 299 g/mol. The molecule has 112 valence electrons. The van der Waals surface area contributed by atoms with Crippen LogP contribution in [0.15, 0.2) is 24.3 Å². The van der Waals surface area contributed by atoms with E-state index in [1.807, 2.05) is 0 Å². The van der Waals surface area contributed by atoms with Crippen LogP contribution in [0.5, 0.6) is 0 Å². The molecule has 0 unspecified atom stereocenters. The molecule has 1 aliphatic heterocycles. The van der Waals surface area contributed by atoms with Crippen molar-refractivity contribution in [2.75, 3.05) is 25.4 Å². The summed E-state index contributed by atoms with van der Waals surface area (Å²) in [6, 6.07) is 5.69. The second-order valence-corrected chi connectivity index (χ2v) is 7.66. The molecule has 2 rings (SSSR count). The Balaban J connectivity index is 1.77. The van der Waals surface area contributed by atoms with E-state index in [1.165, 1.54) is 43.5 Å². The summed E-state index contributed by atoms with van der Waals surface area (Å²) in [5.74, 6) is -0.120. The summed E-state index contributed by atoms with van der Waals surface area (Å²) in [5.41, 5.74) is 0.657. The highest BCUT2D eigenvalue weighted by atomic mass is 32.2. The first-order valence-electron chi connectivity index (χ1n) is 7.22. The number of sulfone groups is 1. The molecule has 0 aliphatic carbocycles. The molecule has 0 spiro atoms. The predicted molar refractivity (Wildman–Crippen MR) is 78.8 cm³/mol. The van der Waals surface area contributed by atoms with Crippen molar-refractivity contribution in [3.8, 4) is 0 Å². The van der Waals surface area contributed by atoms with Gasteiger partial charge < -0.3 is 4.90 Å². The molecule has 0 amide bonds. The summed E-state index contributed by atoms with van der Waals surface area (Å²) in [4.78, 5) is 2.34. The topological polar surface area (TPSA) is 37.4 Å². The van der Waals surface area contributed by atoms with Gasteiger partial charge in [0, 0.05) is 0 Å². The van der Waals surface area contributed by atoms with E-state index in [9.17, 15) is 12.8 Å². The van der Waals surface area contributed by atoms with Gasteiger partial charge in [0.05, 0.1) is 11.5 Å². The first-order chi connectivity index (χ1) is 9.55. The Bertz CT molecular complexity index is 507. The Hall–Kier alpha value is -0.940. The van der Waals surface area contributed by atoms with Crippen molar-refractivity contribution in [1.29, 1.82) is 0 Å². The lowest BCUT2D eigenvalue weighted by Gasteiger charge is -2.26. The van der Waals surface area contributed by atoms with E-state index in [1.54, 1.807) is 0 Å². The molecule has 0 saturated carbocycles. The van der Waals surface area contributed by atoms with Crippen LogP contribution >= 0.6 is 0 Å². The van der Waals surface area contributed by atoms with Crippen LogP contribution in [-0.2, 0) is 15.6 Å². The maximum absolute atomic E-state index is 12.8. The summed E-state index contributed by atoms with van der Waals surface area (Å²) in [5, 5.41) is 0. The second kappa shape index (κ2) is 7.18. The van der Waals surface area contributed by atoms with Gasteiger partial charge in [0.2, 0.25) is 0 Å². The molecule has 1 saturated heterocycles. The van der Waals surface area contributed by atoms with E-state index < -0.39 is 9.84 Å². The predicted octanol–water partition coefficient (Wildman–Crippen LogP) is 2.62. The molecule has 1 heterocycles. The van der Waals surface area contributed by atoms with Crippen molar-refractivity contribution in [2.24, 2.45) is 0 Å². The van der Waals surface area contributed by atoms with Gasteiger partial charge in [0.25, 0.3) is 0 Å². The number of halogens is 1. The van der Waals surface area contributed by atoms with E-state index in [2.05, 4.69) is 4.90 Å². The SMILES string of the molecule is O=S(=O)(CCCN1CCCCC1)Cc1ccc(F)cc1. The van der Waals surface area contributed by atoms with Crippen molar-refractivity contribution in [2.45, 2.75) is 31.4 Å². The van der Waals surface area contributed by atoms with Gasteiger partial charge >= 0.3 is 0 Å². The van der Waals surface area contributed by atoms with E-state index in [4.69, 9.17) is 0 Å². The quantitative estimate of drug-likeness (QED) is 0.810. The van der Waals surface area contributed by atoms with Gasteiger partial charge in [-0.2, -0.15) is 0 Å². The normalized spacial score (nSPS) is 17.2. The molecule has 0 aromatic heterocycles. The average molecular weight is 299 g/mol. The molecular weight excluding hydrogens is 277 g/mol. The van der Waals surface area contributed by atoms with Gasteiger partial charge in [-0.3, -0.25) is 0 Å². The molecule has 1 aliphatic rings. The molecule has 0 atom stereocenters. The van der Waals surface area contributed by atoms with Gasteiger partial charge in [-0.05, 0) is 56.6 Å². The van der Waals surface area contributed by atoms with Crippen molar-refractivity contribution in [3.05, 3.63) is 35.6 Å². The van der Waals surface area contributed by atoms with Crippen LogP contribution in [0.4, 0.5) is 4.39 Å². The fourth-order valence-corrected chi connectivity index (χ4v) is 4.01. The molecular formula is C15H22FNO2S.